The Morgan fingerprint density at radius 1 is 0.816 bits per heavy atom. The van der Waals surface area contributed by atoms with Crippen LogP contribution in [0.5, 0.6) is 5.75 Å². The monoisotopic (exact) mass is 564 g/mol. The van der Waals surface area contributed by atoms with Gasteiger partial charge in [-0.15, -0.1) is 0 Å². The summed E-state index contributed by atoms with van der Waals surface area (Å²) in [7, 11) is -5.37. The van der Waals surface area contributed by atoms with E-state index in [-0.39, 0.29) is 29.5 Å². The summed E-state index contributed by atoms with van der Waals surface area (Å²) in [6.45, 7) is 3.27. The summed E-state index contributed by atoms with van der Waals surface area (Å²) in [5.74, 6) is 0.361. The molecule has 2 heterocycles. The highest BCUT2D eigenvalue weighted by Gasteiger charge is 2.27. The molecule has 10 nitrogen and oxygen atoms in total. The molecule has 2 aliphatic rings. The van der Waals surface area contributed by atoms with E-state index < -0.39 is 20.0 Å². The van der Waals surface area contributed by atoms with E-state index in [1.165, 1.54) is 32.9 Å². The molecule has 0 spiro atoms. The van der Waals surface area contributed by atoms with Gasteiger partial charge >= 0.3 is 0 Å². The Hall–Kier alpha value is -2.67. The molecule has 1 amide bonds. The number of ether oxygens (including phenoxy) is 1. The van der Waals surface area contributed by atoms with Crippen LogP contribution in [0.1, 0.15) is 36.0 Å². The van der Waals surface area contributed by atoms with Gasteiger partial charge in [0.15, 0.2) is 0 Å². The van der Waals surface area contributed by atoms with E-state index >= 15 is 0 Å². The fraction of sp³-hybridized carbons (Fsp3) is 0.500. The van der Waals surface area contributed by atoms with Gasteiger partial charge in [-0.05, 0) is 67.8 Å². The Bertz CT molecular complexity index is 1280. The molecule has 0 atom stereocenters. The average molecular weight is 565 g/mol. The zero-order valence-corrected chi connectivity index (χ0v) is 23.3. The van der Waals surface area contributed by atoms with Crippen LogP contribution >= 0.6 is 0 Å². The second-order valence-electron chi connectivity index (χ2n) is 9.50. The largest absolute Gasteiger partial charge is 0.497 e. The lowest BCUT2D eigenvalue weighted by Crippen LogP contribution is -2.49. The molecule has 0 saturated carbocycles. The molecule has 12 heteroatoms. The number of hydrogen-bond acceptors (Lipinski definition) is 7. The number of nitrogens with zero attached hydrogens (tertiary/aromatic N) is 3. The lowest BCUT2D eigenvalue weighted by molar-refractivity contribution is 0.0953. The Morgan fingerprint density at radius 3 is 2.05 bits per heavy atom. The third-order valence-corrected chi connectivity index (χ3v) is 10.9. The van der Waals surface area contributed by atoms with Gasteiger partial charge < -0.3 is 15.0 Å². The van der Waals surface area contributed by atoms with E-state index in [9.17, 15) is 21.6 Å². The molecule has 0 aromatic heterocycles. The highest BCUT2D eigenvalue weighted by molar-refractivity contribution is 7.89. The van der Waals surface area contributed by atoms with Gasteiger partial charge in [0.1, 0.15) is 5.75 Å². The molecule has 0 aliphatic carbocycles. The van der Waals surface area contributed by atoms with Crippen LogP contribution in [-0.4, -0.2) is 90.0 Å². The molecule has 2 aliphatic heterocycles. The van der Waals surface area contributed by atoms with E-state index in [2.05, 4.69) is 10.2 Å². The molecule has 0 radical (unpaired) electrons. The number of carbonyl (C=O) groups is 1. The first-order chi connectivity index (χ1) is 18.2. The molecule has 0 unspecified atom stereocenters. The number of methoxy groups -OCH3 is 1. The number of carbonyl (C=O) groups excluding carboxylic acids is 1. The summed E-state index contributed by atoms with van der Waals surface area (Å²) in [6, 6.07) is 13.6. The highest BCUT2D eigenvalue weighted by Crippen LogP contribution is 2.22. The van der Waals surface area contributed by atoms with Gasteiger partial charge in [-0.3, -0.25) is 4.79 Å². The SMILES string of the molecule is COc1ccc(N2CCN(S(=O)(=O)CCCNC(=O)c3ccc(S(=O)(=O)N4CCCCC4)cc3)CC2)cc1. The molecule has 4 rings (SSSR count). The lowest BCUT2D eigenvalue weighted by Gasteiger charge is -2.35. The minimum Gasteiger partial charge on any atom is -0.497 e. The van der Waals surface area contributed by atoms with Crippen LogP contribution < -0.4 is 15.0 Å². The van der Waals surface area contributed by atoms with E-state index in [4.69, 9.17) is 4.74 Å². The summed E-state index contributed by atoms with van der Waals surface area (Å²) in [6.07, 6.45) is 3.03. The number of nitrogens with one attached hydrogen (secondary N) is 1. The van der Waals surface area contributed by atoms with E-state index in [0.29, 0.717) is 44.8 Å². The topological polar surface area (TPSA) is 116 Å². The van der Waals surface area contributed by atoms with Crippen LogP contribution in [0.4, 0.5) is 5.69 Å². The number of piperidine rings is 1. The third kappa shape index (κ3) is 6.85. The Balaban J connectivity index is 1.21. The molecule has 38 heavy (non-hydrogen) atoms. The standard InChI is InChI=1S/C26H36N4O6S2/c1-36-24-10-8-23(9-11-24)28-17-19-29(20-18-28)37(32,33)21-5-14-27-26(31)22-6-12-25(13-7-22)38(34,35)30-15-3-2-4-16-30/h6-13H,2-5,14-21H2,1H3,(H,27,31). The zero-order valence-electron chi connectivity index (χ0n) is 21.7. The average Bonchev–Trinajstić information content (AvgIpc) is 2.96. The predicted octanol–water partition coefficient (Wildman–Crippen LogP) is 2.14. The second-order valence-corrected chi connectivity index (χ2v) is 13.5. The second kappa shape index (κ2) is 12.5. The van der Waals surface area contributed by atoms with Gasteiger partial charge in [-0.1, -0.05) is 6.42 Å². The zero-order chi connectivity index (χ0) is 27.2. The molecule has 2 fully saturated rings. The number of benzene rings is 2. The molecule has 208 valence electrons. The number of rotatable bonds is 10. The molecule has 0 bridgehead atoms. The maximum absolute atomic E-state index is 12.8. The molecule has 2 aromatic carbocycles. The molecular formula is C26H36N4O6S2. The van der Waals surface area contributed by atoms with E-state index in [1.54, 1.807) is 7.11 Å². The number of piperazine rings is 1. The summed E-state index contributed by atoms with van der Waals surface area (Å²) in [4.78, 5) is 14.8. The third-order valence-electron chi connectivity index (χ3n) is 7.00. The molecule has 2 saturated heterocycles. The predicted molar refractivity (Wildman–Crippen MR) is 147 cm³/mol. The van der Waals surface area contributed by atoms with Crippen LogP contribution in [0.25, 0.3) is 0 Å². The smallest absolute Gasteiger partial charge is 0.251 e. The first kappa shape index (κ1) is 28.3. The van der Waals surface area contributed by atoms with Crippen LogP contribution in [-0.2, 0) is 20.0 Å². The number of amides is 1. The lowest BCUT2D eigenvalue weighted by atomic mass is 10.2. The van der Waals surface area contributed by atoms with Crippen molar-refractivity contribution in [3.63, 3.8) is 0 Å². The molecular weight excluding hydrogens is 528 g/mol. The summed E-state index contributed by atoms with van der Waals surface area (Å²) < 4.78 is 59.4. The van der Waals surface area contributed by atoms with Crippen molar-refractivity contribution in [3.05, 3.63) is 54.1 Å². The van der Waals surface area contributed by atoms with Gasteiger partial charge in [-0.25, -0.2) is 16.8 Å². The van der Waals surface area contributed by atoms with Gasteiger partial charge in [-0.2, -0.15) is 8.61 Å². The normalized spacial score (nSPS) is 17.8. The first-order valence-corrected chi connectivity index (χ1v) is 16.0. The minimum absolute atomic E-state index is 0.0527. The Kier molecular flexibility index (Phi) is 9.29. The van der Waals surface area contributed by atoms with Crippen molar-refractivity contribution in [2.24, 2.45) is 0 Å². The van der Waals surface area contributed by atoms with E-state index in [1.807, 2.05) is 24.3 Å². The Morgan fingerprint density at radius 2 is 1.45 bits per heavy atom. The summed E-state index contributed by atoms with van der Waals surface area (Å²) in [5, 5.41) is 2.73. The van der Waals surface area contributed by atoms with Crippen LogP contribution in [0, 0.1) is 0 Å². The molecule has 1 N–H and O–H groups in total. The van der Waals surface area contributed by atoms with Crippen molar-refractivity contribution in [2.45, 2.75) is 30.6 Å². The molecule has 2 aromatic rings. The number of hydrogen-bond donors (Lipinski definition) is 1. The fourth-order valence-corrected chi connectivity index (χ4v) is 7.74. The number of anilines is 1. The van der Waals surface area contributed by atoms with Gasteiger partial charge in [0, 0.05) is 57.1 Å². The minimum atomic E-state index is -3.55. The highest BCUT2D eigenvalue weighted by atomic mass is 32.2. The summed E-state index contributed by atoms with van der Waals surface area (Å²) >= 11 is 0. The number of sulfonamides is 2. The van der Waals surface area contributed by atoms with Gasteiger partial charge in [0.2, 0.25) is 20.0 Å². The van der Waals surface area contributed by atoms with Crippen molar-refractivity contribution in [3.8, 4) is 5.75 Å². The first-order valence-electron chi connectivity index (χ1n) is 13.0. The van der Waals surface area contributed by atoms with Gasteiger partial charge in [0.25, 0.3) is 5.91 Å². The Labute approximate surface area is 225 Å². The van der Waals surface area contributed by atoms with Crippen molar-refractivity contribution >= 4 is 31.6 Å². The van der Waals surface area contributed by atoms with Crippen LogP contribution in [0.2, 0.25) is 0 Å². The maximum Gasteiger partial charge on any atom is 0.251 e. The fourth-order valence-electron chi connectivity index (χ4n) is 4.74. The van der Waals surface area contributed by atoms with Crippen molar-refractivity contribution in [1.82, 2.24) is 13.9 Å². The van der Waals surface area contributed by atoms with Gasteiger partial charge in [0.05, 0.1) is 17.8 Å². The van der Waals surface area contributed by atoms with Crippen molar-refractivity contribution < 1.29 is 26.4 Å². The quantitative estimate of drug-likeness (QED) is 0.440. The van der Waals surface area contributed by atoms with Crippen LogP contribution in [0.3, 0.4) is 0 Å². The van der Waals surface area contributed by atoms with Crippen molar-refractivity contribution in [2.75, 3.05) is 63.6 Å². The van der Waals surface area contributed by atoms with E-state index in [0.717, 1.165) is 30.7 Å². The van der Waals surface area contributed by atoms with Crippen molar-refractivity contribution in [1.29, 1.82) is 0 Å². The van der Waals surface area contributed by atoms with Crippen LogP contribution in [0.15, 0.2) is 53.4 Å². The maximum atomic E-state index is 12.8. The summed E-state index contributed by atoms with van der Waals surface area (Å²) in [5.41, 5.74) is 1.36.